The van der Waals surface area contributed by atoms with Crippen molar-refractivity contribution in [2.45, 2.75) is 0 Å². The van der Waals surface area contributed by atoms with Gasteiger partial charge in [-0.2, -0.15) is 0 Å². The first-order valence-corrected chi connectivity index (χ1v) is 2.12. The van der Waals surface area contributed by atoms with Crippen molar-refractivity contribution in [2.75, 3.05) is 0 Å². The van der Waals surface area contributed by atoms with E-state index in [2.05, 4.69) is 4.63 Å². The fourth-order valence-corrected chi connectivity index (χ4v) is 0.623. The Balaban J connectivity index is 3.48. The van der Waals surface area contributed by atoms with Gasteiger partial charge in [0, 0.05) is 0 Å². The summed E-state index contributed by atoms with van der Waals surface area (Å²) < 4.78 is 5.02. The number of fused-ring (bicyclic) bond motifs is 1. The van der Waals surface area contributed by atoms with E-state index in [0.29, 0.717) is 9.15 Å². The van der Waals surface area contributed by atoms with E-state index >= 15 is 0 Å². The standard InChI is InChI=1S/C3N2O4/c6-1-2(7)5-3(8)4(1)9-5. The molecule has 0 fully saturated rings. The average Bonchev–Trinajstić information content (AvgIpc) is 2.18. The molecular weight excluding hydrogens is 128 g/mol. The lowest BCUT2D eigenvalue weighted by Crippen LogP contribution is -2.27. The first-order chi connectivity index (χ1) is 4.22. The molecule has 0 aliphatic carbocycles. The van der Waals surface area contributed by atoms with Gasteiger partial charge in [-0.05, 0) is 9.15 Å². The number of hydrogen-bond donors (Lipinski definition) is 0. The molecule has 0 N–H and O–H groups in total. The molecule has 9 heavy (non-hydrogen) atoms. The quantitative estimate of drug-likeness (QED) is 0.370. The van der Waals surface area contributed by atoms with Gasteiger partial charge in [-0.25, -0.2) is 4.79 Å². The van der Waals surface area contributed by atoms with Gasteiger partial charge in [-0.1, -0.05) is 0 Å². The lowest BCUT2D eigenvalue weighted by molar-refractivity contribution is 0.137. The van der Waals surface area contributed by atoms with Crippen molar-refractivity contribution >= 4 is 0 Å². The van der Waals surface area contributed by atoms with Crippen LogP contribution in [0.5, 0.6) is 0 Å². The van der Waals surface area contributed by atoms with Gasteiger partial charge in [0.25, 0.3) is 0 Å². The Bertz CT molecular complexity index is 432. The van der Waals surface area contributed by atoms with E-state index in [0.717, 1.165) is 0 Å². The van der Waals surface area contributed by atoms with E-state index in [9.17, 15) is 14.4 Å². The SMILES string of the molecule is O=c1c(=O)n2on1c2=O. The summed E-state index contributed by atoms with van der Waals surface area (Å²) in [6.45, 7) is 0. The second-order valence-electron chi connectivity index (χ2n) is 1.56. The van der Waals surface area contributed by atoms with Crippen LogP contribution in [-0.4, -0.2) is 9.15 Å². The lowest BCUT2D eigenvalue weighted by Gasteiger charge is -1.84. The summed E-state index contributed by atoms with van der Waals surface area (Å²) >= 11 is 0. The number of nitrogens with zero attached hydrogens (tertiary/aromatic N) is 2. The molecule has 0 spiro atoms. The molecule has 0 aliphatic heterocycles. The van der Waals surface area contributed by atoms with Crippen LogP contribution in [0, 0.1) is 0 Å². The Kier molecular flexibility index (Phi) is 0.432. The summed E-state index contributed by atoms with van der Waals surface area (Å²) in [6.07, 6.45) is 0. The van der Waals surface area contributed by atoms with Crippen LogP contribution in [0.3, 0.4) is 0 Å². The minimum atomic E-state index is -0.917. The van der Waals surface area contributed by atoms with Crippen LogP contribution in [0.2, 0.25) is 0 Å². The molecule has 0 amide bonds. The van der Waals surface area contributed by atoms with Gasteiger partial charge in [-0.15, -0.1) is 0 Å². The first kappa shape index (κ1) is 4.30. The largest absolute Gasteiger partial charge is 0.406 e. The molecule has 0 unspecified atom stereocenters. The van der Waals surface area contributed by atoms with Crippen molar-refractivity contribution < 1.29 is 4.63 Å². The molecule has 3 aromatic heterocycles. The van der Waals surface area contributed by atoms with Gasteiger partial charge < -0.3 is 0 Å². The average molecular weight is 128 g/mol. The molecule has 46 valence electrons. The highest BCUT2D eigenvalue weighted by Gasteiger charge is 2.18. The summed E-state index contributed by atoms with van der Waals surface area (Å²) in [5.74, 6) is 0. The van der Waals surface area contributed by atoms with Crippen LogP contribution < -0.4 is 16.8 Å². The molecule has 0 aliphatic rings. The van der Waals surface area contributed by atoms with E-state index in [1.165, 1.54) is 0 Å². The second kappa shape index (κ2) is 0.903. The first-order valence-electron chi connectivity index (χ1n) is 2.12. The Morgan fingerprint density at radius 3 is 1.56 bits per heavy atom. The van der Waals surface area contributed by atoms with Gasteiger partial charge in [0.1, 0.15) is 0 Å². The van der Waals surface area contributed by atoms with Crippen LogP contribution in [0.25, 0.3) is 0 Å². The van der Waals surface area contributed by atoms with E-state index in [1.807, 2.05) is 0 Å². The number of aromatic nitrogens is 2. The second-order valence-corrected chi connectivity index (χ2v) is 1.56. The fraction of sp³-hybridized carbons (Fsp3) is 0. The third-order valence-corrected chi connectivity index (χ3v) is 1.06. The van der Waals surface area contributed by atoms with Crippen molar-refractivity contribution in [1.29, 1.82) is 0 Å². The Morgan fingerprint density at radius 1 is 1.00 bits per heavy atom. The van der Waals surface area contributed by atoms with Crippen molar-refractivity contribution in [3.8, 4) is 0 Å². The minimum Gasteiger partial charge on any atom is -0.265 e. The molecule has 3 heterocycles. The molecule has 0 saturated heterocycles. The predicted octanol–water partition coefficient (Wildman–Crippen LogP) is -2.41. The van der Waals surface area contributed by atoms with Crippen LogP contribution in [-0.2, 0) is 0 Å². The van der Waals surface area contributed by atoms with Crippen molar-refractivity contribution in [3.05, 3.63) is 31.2 Å². The van der Waals surface area contributed by atoms with E-state index in [4.69, 9.17) is 0 Å². The highest BCUT2D eigenvalue weighted by Crippen LogP contribution is 1.68. The van der Waals surface area contributed by atoms with Gasteiger partial charge in [0.2, 0.25) is 0 Å². The molecule has 0 saturated carbocycles. The van der Waals surface area contributed by atoms with E-state index < -0.39 is 16.8 Å². The maximum atomic E-state index is 10.3. The maximum Gasteiger partial charge on any atom is 0.406 e. The zero-order valence-electron chi connectivity index (χ0n) is 4.03. The maximum absolute atomic E-state index is 10.3. The van der Waals surface area contributed by atoms with E-state index in [-0.39, 0.29) is 0 Å². The smallest absolute Gasteiger partial charge is 0.265 e. The summed E-state index contributed by atoms with van der Waals surface area (Å²) in [6, 6.07) is 0. The fourth-order valence-electron chi connectivity index (χ4n) is 0.623. The van der Waals surface area contributed by atoms with Gasteiger partial charge in [0.15, 0.2) is 0 Å². The van der Waals surface area contributed by atoms with Gasteiger partial charge >= 0.3 is 16.8 Å². The summed E-state index contributed by atoms with van der Waals surface area (Å²) in [4.78, 5) is 31.0. The molecule has 6 heteroatoms. The summed E-state index contributed by atoms with van der Waals surface area (Å²) in [5, 5.41) is 0. The highest BCUT2D eigenvalue weighted by atomic mass is 16.6. The molecule has 2 bridgehead atoms. The molecule has 0 radical (unpaired) electrons. The molecule has 3 aromatic rings. The zero-order valence-corrected chi connectivity index (χ0v) is 4.03. The summed E-state index contributed by atoms with van der Waals surface area (Å²) in [7, 11) is 0. The van der Waals surface area contributed by atoms with Crippen LogP contribution in [0.1, 0.15) is 0 Å². The van der Waals surface area contributed by atoms with Gasteiger partial charge in [-0.3, -0.25) is 14.2 Å². The van der Waals surface area contributed by atoms with Crippen LogP contribution in [0.4, 0.5) is 0 Å². The monoisotopic (exact) mass is 128 g/mol. The normalized spacial score (nSPS) is 11.6. The molecule has 0 aromatic carbocycles. The summed E-state index contributed by atoms with van der Waals surface area (Å²) in [5.41, 5.74) is -2.54. The molecular formula is C3N2O4. The number of imidazole rings is 1. The van der Waals surface area contributed by atoms with Crippen LogP contribution >= 0.6 is 0 Å². The lowest BCUT2D eigenvalue weighted by atomic mass is 10.9. The number of hydrogen-bond acceptors (Lipinski definition) is 4. The Morgan fingerprint density at radius 2 is 1.44 bits per heavy atom. The zero-order chi connectivity index (χ0) is 6.59. The topological polar surface area (TPSA) is 73.2 Å². The Labute approximate surface area is 46.2 Å². The van der Waals surface area contributed by atoms with Crippen molar-refractivity contribution in [2.24, 2.45) is 0 Å². The van der Waals surface area contributed by atoms with Crippen molar-refractivity contribution in [1.82, 2.24) is 9.15 Å². The molecule has 6 nitrogen and oxygen atoms in total. The predicted molar refractivity (Wildman–Crippen MR) is 24.3 cm³/mol. The third kappa shape index (κ3) is 0.248. The highest BCUT2D eigenvalue weighted by molar-refractivity contribution is 4.79. The molecule has 0 atom stereocenters. The van der Waals surface area contributed by atoms with Crippen LogP contribution in [0.15, 0.2) is 19.0 Å². The molecule has 3 rings (SSSR count). The number of rotatable bonds is 0. The Hall–Kier alpha value is -1.59. The van der Waals surface area contributed by atoms with E-state index in [1.54, 1.807) is 0 Å². The minimum absolute atomic E-state index is 0.405. The van der Waals surface area contributed by atoms with Crippen molar-refractivity contribution in [3.63, 3.8) is 0 Å². The third-order valence-electron chi connectivity index (χ3n) is 1.06. The van der Waals surface area contributed by atoms with Gasteiger partial charge in [0.05, 0.1) is 0 Å².